The van der Waals surface area contributed by atoms with Gasteiger partial charge in [0.2, 0.25) is 0 Å². The van der Waals surface area contributed by atoms with Crippen molar-refractivity contribution in [2.45, 2.75) is 13.3 Å². The Hall–Kier alpha value is -0.160. The van der Waals surface area contributed by atoms with Gasteiger partial charge in [-0.05, 0) is 0 Å². The molecule has 0 unspecified atom stereocenters. The standard InChI is InChI=1S/C4H7OP/c1-2-4(5)3-6/h3,6H,2H2,1H3. The molecule has 0 aromatic rings. The number of Topliss-reactive ketones (excluding diaryl/α,β-unsaturated/α-hetero) is 1. The molecule has 0 rings (SSSR count). The largest absolute Gasteiger partial charge is 0.295 e. The van der Waals surface area contributed by atoms with E-state index in [-0.39, 0.29) is 5.78 Å². The fraction of sp³-hybridized carbons (Fsp3) is 0.500. The molecule has 0 heterocycles. The van der Waals surface area contributed by atoms with Gasteiger partial charge in [-0.15, -0.1) is 8.86 Å². The van der Waals surface area contributed by atoms with Gasteiger partial charge in [0, 0.05) is 12.2 Å². The maximum absolute atomic E-state index is 10.1. The number of rotatable bonds is 2. The molecule has 1 nitrogen and oxygen atoms in total. The van der Waals surface area contributed by atoms with E-state index >= 15 is 0 Å². The molecule has 34 valence electrons. The van der Waals surface area contributed by atoms with E-state index in [9.17, 15) is 4.79 Å². The Morgan fingerprint density at radius 1 is 2.00 bits per heavy atom. The predicted molar refractivity (Wildman–Crippen MR) is 29.7 cm³/mol. The normalized spacial score (nSPS) is 7.50. The number of hydrogen-bond acceptors (Lipinski definition) is 1. The van der Waals surface area contributed by atoms with E-state index in [0.29, 0.717) is 6.42 Å². The summed E-state index contributed by atoms with van der Waals surface area (Å²) in [7, 11) is 2.94. The van der Waals surface area contributed by atoms with E-state index in [4.69, 9.17) is 0 Å². The van der Waals surface area contributed by atoms with Crippen LogP contribution in [0.25, 0.3) is 0 Å². The predicted octanol–water partition coefficient (Wildman–Crippen LogP) is 0.910. The first-order chi connectivity index (χ1) is 2.81. The second kappa shape index (κ2) is 3.05. The third-order valence-electron chi connectivity index (χ3n) is 0.509. The minimum absolute atomic E-state index is 0.131. The summed E-state index contributed by atoms with van der Waals surface area (Å²) in [6.45, 7) is 1.82. The van der Waals surface area contributed by atoms with Crippen molar-refractivity contribution < 1.29 is 4.79 Å². The fourth-order valence-corrected chi connectivity index (χ4v) is 0.306. The van der Waals surface area contributed by atoms with Gasteiger partial charge in [-0.25, -0.2) is 0 Å². The van der Waals surface area contributed by atoms with Crippen molar-refractivity contribution in [1.82, 2.24) is 0 Å². The van der Waals surface area contributed by atoms with Crippen molar-refractivity contribution in [3.8, 4) is 0 Å². The molecule has 0 saturated heterocycles. The Morgan fingerprint density at radius 3 is 2.50 bits per heavy atom. The molecule has 0 atom stereocenters. The molecule has 0 aromatic carbocycles. The Kier molecular flexibility index (Phi) is 2.97. The smallest absolute Gasteiger partial charge is 0.159 e. The monoisotopic (exact) mass is 102 g/mol. The minimum atomic E-state index is 0.131. The molecule has 6 heavy (non-hydrogen) atoms. The SMILES string of the molecule is CCC(=O)C=P. The van der Waals surface area contributed by atoms with Crippen molar-refractivity contribution in [2.75, 3.05) is 0 Å². The highest BCUT2D eigenvalue weighted by Crippen LogP contribution is 1.73. The molecule has 2 heteroatoms. The summed E-state index contributed by atoms with van der Waals surface area (Å²) < 4.78 is 0. The lowest BCUT2D eigenvalue weighted by molar-refractivity contribution is -0.112. The Morgan fingerprint density at radius 2 is 2.50 bits per heavy atom. The summed E-state index contributed by atoms with van der Waals surface area (Å²) in [6, 6.07) is 0. The van der Waals surface area contributed by atoms with Crippen LogP contribution >= 0.6 is 8.86 Å². The topological polar surface area (TPSA) is 17.1 Å². The van der Waals surface area contributed by atoms with Gasteiger partial charge < -0.3 is 0 Å². The van der Waals surface area contributed by atoms with Crippen LogP contribution in [-0.4, -0.2) is 11.6 Å². The number of hydrogen-bond donors (Lipinski definition) is 0. The van der Waals surface area contributed by atoms with Gasteiger partial charge >= 0.3 is 0 Å². The third kappa shape index (κ3) is 2.10. The summed E-state index contributed by atoms with van der Waals surface area (Å²) in [4.78, 5) is 10.1. The zero-order chi connectivity index (χ0) is 4.99. The molecule has 0 bridgehead atoms. The highest BCUT2D eigenvalue weighted by molar-refractivity contribution is 7.22. The zero-order valence-corrected chi connectivity index (χ0v) is 4.69. The minimum Gasteiger partial charge on any atom is -0.295 e. The zero-order valence-electron chi connectivity index (χ0n) is 3.69. The van der Waals surface area contributed by atoms with E-state index in [1.807, 2.05) is 6.92 Å². The first-order valence-corrected chi connectivity index (χ1v) is 2.42. The van der Waals surface area contributed by atoms with Crippen LogP contribution in [0.15, 0.2) is 0 Å². The molecule has 0 radical (unpaired) electrons. The van der Waals surface area contributed by atoms with Crippen LogP contribution in [0.5, 0.6) is 0 Å². The Balaban J connectivity index is 3.23. The van der Waals surface area contributed by atoms with Crippen molar-refractivity contribution in [3.05, 3.63) is 0 Å². The lowest BCUT2D eigenvalue weighted by atomic mass is 10.4. The molecular formula is C4H7OP. The van der Waals surface area contributed by atoms with Crippen LogP contribution < -0.4 is 0 Å². The van der Waals surface area contributed by atoms with Gasteiger partial charge in [-0.3, -0.25) is 4.79 Å². The second-order valence-electron chi connectivity index (χ2n) is 0.964. The van der Waals surface area contributed by atoms with E-state index in [2.05, 4.69) is 8.86 Å². The highest BCUT2D eigenvalue weighted by Gasteiger charge is 1.82. The number of carbonyl (C=O) groups is 1. The molecule has 0 aliphatic heterocycles. The Labute approximate surface area is 39.6 Å². The van der Waals surface area contributed by atoms with Crippen LogP contribution in [0, 0.1) is 0 Å². The lowest BCUT2D eigenvalue weighted by Crippen LogP contribution is -1.90. The maximum atomic E-state index is 10.1. The molecule has 0 aromatic heterocycles. The number of carbonyl (C=O) groups excluding carboxylic acids is 1. The quantitative estimate of drug-likeness (QED) is 0.473. The van der Waals surface area contributed by atoms with Gasteiger partial charge in [0.25, 0.3) is 0 Å². The van der Waals surface area contributed by atoms with Crippen LogP contribution in [0.2, 0.25) is 0 Å². The summed E-state index contributed by atoms with van der Waals surface area (Å²) in [5.41, 5.74) is 0. The van der Waals surface area contributed by atoms with Gasteiger partial charge in [-0.1, -0.05) is 6.92 Å². The molecule has 0 spiro atoms. The van der Waals surface area contributed by atoms with Gasteiger partial charge in [0.05, 0.1) is 0 Å². The van der Waals surface area contributed by atoms with Crippen LogP contribution in [0.1, 0.15) is 13.3 Å². The maximum Gasteiger partial charge on any atom is 0.159 e. The highest BCUT2D eigenvalue weighted by atomic mass is 31.0. The first kappa shape index (κ1) is 5.84. The van der Waals surface area contributed by atoms with Crippen molar-refractivity contribution >= 4 is 20.4 Å². The Bertz CT molecular complexity index is 67.9. The average molecular weight is 102 g/mol. The summed E-state index contributed by atoms with van der Waals surface area (Å²) >= 11 is 0. The number of ketones is 1. The van der Waals surface area contributed by atoms with Crippen LogP contribution in [-0.2, 0) is 4.79 Å². The molecule has 0 fully saturated rings. The first-order valence-electron chi connectivity index (χ1n) is 1.84. The third-order valence-corrected chi connectivity index (χ3v) is 0.831. The summed E-state index contributed by atoms with van der Waals surface area (Å²) in [5, 5.41) is 0. The molecule has 0 saturated carbocycles. The van der Waals surface area contributed by atoms with Gasteiger partial charge in [0.15, 0.2) is 5.78 Å². The van der Waals surface area contributed by atoms with E-state index in [1.54, 1.807) is 0 Å². The lowest BCUT2D eigenvalue weighted by Gasteiger charge is -1.74. The van der Waals surface area contributed by atoms with Crippen LogP contribution in [0.4, 0.5) is 0 Å². The molecule has 0 aliphatic carbocycles. The van der Waals surface area contributed by atoms with Crippen molar-refractivity contribution in [1.29, 1.82) is 0 Å². The van der Waals surface area contributed by atoms with Gasteiger partial charge in [0.1, 0.15) is 0 Å². The molecular weight excluding hydrogens is 95.0 g/mol. The molecule has 0 N–H and O–H groups in total. The average Bonchev–Trinajstić information content (AvgIpc) is 1.65. The van der Waals surface area contributed by atoms with Crippen molar-refractivity contribution in [2.24, 2.45) is 0 Å². The van der Waals surface area contributed by atoms with Crippen molar-refractivity contribution in [3.63, 3.8) is 0 Å². The summed E-state index contributed by atoms with van der Waals surface area (Å²) in [5.74, 6) is 1.52. The van der Waals surface area contributed by atoms with E-state index in [0.717, 1.165) is 0 Å². The molecule has 0 amide bonds. The van der Waals surface area contributed by atoms with Gasteiger partial charge in [-0.2, -0.15) is 0 Å². The second-order valence-corrected chi connectivity index (χ2v) is 1.25. The summed E-state index contributed by atoms with van der Waals surface area (Å²) in [6.07, 6.45) is 0.587. The van der Waals surface area contributed by atoms with Crippen LogP contribution in [0.3, 0.4) is 0 Å². The molecule has 0 aliphatic rings. The van der Waals surface area contributed by atoms with E-state index in [1.165, 1.54) is 5.80 Å². The van der Waals surface area contributed by atoms with E-state index < -0.39 is 0 Å². The fourth-order valence-electron chi connectivity index (χ4n) is 0.102.